The first-order valence-corrected chi connectivity index (χ1v) is 7.80. The van der Waals surface area contributed by atoms with E-state index in [2.05, 4.69) is 15.5 Å². The molecule has 100 valence electrons. The number of carbonyl (C=O) groups is 1. The third-order valence-corrected chi connectivity index (χ3v) is 5.47. The molecule has 6 nitrogen and oxygen atoms in total. The van der Waals surface area contributed by atoms with Crippen LogP contribution in [0.1, 0.15) is 32.1 Å². The van der Waals surface area contributed by atoms with Gasteiger partial charge in [0.05, 0.1) is 22.9 Å². The zero-order chi connectivity index (χ0) is 13.0. The fourth-order valence-electron chi connectivity index (χ4n) is 2.19. The van der Waals surface area contributed by atoms with E-state index >= 15 is 0 Å². The number of H-pyrrole nitrogens is 1. The average Bonchev–Trinajstić information content (AvgIpc) is 2.99. The predicted octanol–water partition coefficient (Wildman–Crippen LogP) is 1.10. The van der Waals surface area contributed by atoms with Gasteiger partial charge in [0.2, 0.25) is 5.91 Å². The van der Waals surface area contributed by atoms with Crippen molar-refractivity contribution in [1.82, 2.24) is 10.2 Å². The lowest BCUT2D eigenvalue weighted by atomic mass is 10.4. The van der Waals surface area contributed by atoms with Gasteiger partial charge in [-0.2, -0.15) is 5.10 Å². The second-order valence-corrected chi connectivity index (χ2v) is 6.96. The SMILES string of the molecule is O=C(CCS(=O)(=O)C1CCCC1)Nc1cn[nH]c1. The molecule has 1 heterocycles. The van der Waals surface area contributed by atoms with E-state index in [-0.39, 0.29) is 23.3 Å². The van der Waals surface area contributed by atoms with Crippen molar-refractivity contribution in [2.24, 2.45) is 0 Å². The Balaban J connectivity index is 1.81. The average molecular weight is 271 g/mol. The molecule has 1 aliphatic rings. The van der Waals surface area contributed by atoms with Crippen LogP contribution in [0.15, 0.2) is 12.4 Å². The summed E-state index contributed by atoms with van der Waals surface area (Å²) in [4.78, 5) is 11.6. The van der Waals surface area contributed by atoms with Gasteiger partial charge in [0, 0.05) is 12.6 Å². The van der Waals surface area contributed by atoms with Crippen LogP contribution in [0.4, 0.5) is 5.69 Å². The maximum absolute atomic E-state index is 11.9. The van der Waals surface area contributed by atoms with Crippen molar-refractivity contribution in [3.05, 3.63) is 12.4 Å². The Morgan fingerprint density at radius 2 is 2.17 bits per heavy atom. The van der Waals surface area contributed by atoms with E-state index in [1.807, 2.05) is 0 Å². The molecule has 1 fully saturated rings. The highest BCUT2D eigenvalue weighted by molar-refractivity contribution is 7.92. The number of carbonyl (C=O) groups excluding carboxylic acids is 1. The lowest BCUT2D eigenvalue weighted by Crippen LogP contribution is -2.24. The molecule has 0 aromatic carbocycles. The summed E-state index contributed by atoms with van der Waals surface area (Å²) in [5, 5.41) is 8.61. The Labute approximate surface area is 106 Å². The number of hydrogen-bond donors (Lipinski definition) is 2. The smallest absolute Gasteiger partial charge is 0.225 e. The summed E-state index contributed by atoms with van der Waals surface area (Å²) in [6, 6.07) is 0. The second-order valence-electron chi connectivity index (χ2n) is 4.56. The minimum atomic E-state index is -3.12. The van der Waals surface area contributed by atoms with Gasteiger partial charge >= 0.3 is 0 Å². The van der Waals surface area contributed by atoms with Gasteiger partial charge in [0.15, 0.2) is 9.84 Å². The quantitative estimate of drug-likeness (QED) is 0.838. The summed E-state index contributed by atoms with van der Waals surface area (Å²) < 4.78 is 23.9. The van der Waals surface area contributed by atoms with Crippen molar-refractivity contribution < 1.29 is 13.2 Å². The van der Waals surface area contributed by atoms with Crippen LogP contribution in [0.3, 0.4) is 0 Å². The summed E-state index contributed by atoms with van der Waals surface area (Å²) >= 11 is 0. The van der Waals surface area contributed by atoms with E-state index in [1.165, 1.54) is 6.20 Å². The molecule has 2 rings (SSSR count). The van der Waals surface area contributed by atoms with Gasteiger partial charge in [-0.3, -0.25) is 9.89 Å². The topological polar surface area (TPSA) is 91.9 Å². The van der Waals surface area contributed by atoms with Gasteiger partial charge in [0.1, 0.15) is 0 Å². The third kappa shape index (κ3) is 3.32. The number of aromatic nitrogens is 2. The molecule has 1 amide bonds. The van der Waals surface area contributed by atoms with Gasteiger partial charge in [0.25, 0.3) is 0 Å². The van der Waals surface area contributed by atoms with Crippen LogP contribution in [-0.2, 0) is 14.6 Å². The molecular weight excluding hydrogens is 254 g/mol. The molecule has 0 spiro atoms. The molecule has 1 aromatic heterocycles. The van der Waals surface area contributed by atoms with Gasteiger partial charge in [-0.15, -0.1) is 0 Å². The first kappa shape index (κ1) is 13.1. The van der Waals surface area contributed by atoms with Crippen LogP contribution in [-0.4, -0.2) is 35.5 Å². The van der Waals surface area contributed by atoms with E-state index in [1.54, 1.807) is 6.20 Å². The molecule has 18 heavy (non-hydrogen) atoms. The van der Waals surface area contributed by atoms with Gasteiger partial charge in [-0.1, -0.05) is 12.8 Å². The highest BCUT2D eigenvalue weighted by Gasteiger charge is 2.28. The lowest BCUT2D eigenvalue weighted by Gasteiger charge is -2.10. The number of rotatable bonds is 5. The van der Waals surface area contributed by atoms with Crippen LogP contribution >= 0.6 is 0 Å². The number of amides is 1. The number of anilines is 1. The highest BCUT2D eigenvalue weighted by Crippen LogP contribution is 2.25. The Kier molecular flexibility index (Phi) is 4.00. The largest absolute Gasteiger partial charge is 0.323 e. The standard InChI is InChI=1S/C11H17N3O3S/c15-11(14-9-7-12-13-8-9)5-6-18(16,17)10-3-1-2-4-10/h7-8,10H,1-6H2,(H,12,13)(H,14,15). The Bertz CT molecular complexity index is 490. The van der Waals surface area contributed by atoms with Crippen LogP contribution in [0.25, 0.3) is 0 Å². The Morgan fingerprint density at radius 1 is 1.44 bits per heavy atom. The highest BCUT2D eigenvalue weighted by atomic mass is 32.2. The lowest BCUT2D eigenvalue weighted by molar-refractivity contribution is -0.115. The molecule has 0 unspecified atom stereocenters. The predicted molar refractivity (Wildman–Crippen MR) is 67.9 cm³/mol. The third-order valence-electron chi connectivity index (χ3n) is 3.21. The zero-order valence-corrected chi connectivity index (χ0v) is 10.9. The normalized spacial score (nSPS) is 16.9. The Morgan fingerprint density at radius 3 is 2.78 bits per heavy atom. The van der Waals surface area contributed by atoms with E-state index in [0.29, 0.717) is 5.69 Å². The van der Waals surface area contributed by atoms with E-state index in [0.717, 1.165) is 25.7 Å². The summed E-state index contributed by atoms with van der Waals surface area (Å²) in [5.74, 6) is -0.362. The van der Waals surface area contributed by atoms with Crippen molar-refractivity contribution in [2.75, 3.05) is 11.1 Å². The number of nitrogens with one attached hydrogen (secondary N) is 2. The summed E-state index contributed by atoms with van der Waals surface area (Å²) in [7, 11) is -3.12. The van der Waals surface area contributed by atoms with E-state index < -0.39 is 9.84 Å². The van der Waals surface area contributed by atoms with E-state index in [4.69, 9.17) is 0 Å². The molecule has 7 heteroatoms. The molecule has 1 aliphatic carbocycles. The van der Waals surface area contributed by atoms with Crippen LogP contribution in [0.2, 0.25) is 0 Å². The zero-order valence-electron chi connectivity index (χ0n) is 10.1. The van der Waals surface area contributed by atoms with Crippen molar-refractivity contribution in [3.63, 3.8) is 0 Å². The molecule has 0 saturated heterocycles. The fourth-order valence-corrected chi connectivity index (χ4v) is 4.05. The fraction of sp³-hybridized carbons (Fsp3) is 0.636. The van der Waals surface area contributed by atoms with Gasteiger partial charge in [-0.05, 0) is 12.8 Å². The molecule has 0 aliphatic heterocycles. The van der Waals surface area contributed by atoms with Crippen molar-refractivity contribution in [2.45, 2.75) is 37.4 Å². The maximum Gasteiger partial charge on any atom is 0.225 e. The summed E-state index contributed by atoms with van der Waals surface area (Å²) in [6.45, 7) is 0. The molecule has 0 atom stereocenters. The minimum Gasteiger partial charge on any atom is -0.323 e. The first-order valence-electron chi connectivity index (χ1n) is 6.08. The summed E-state index contributed by atoms with van der Waals surface area (Å²) in [6.07, 6.45) is 6.46. The van der Waals surface area contributed by atoms with Gasteiger partial charge < -0.3 is 5.32 Å². The van der Waals surface area contributed by atoms with Gasteiger partial charge in [-0.25, -0.2) is 8.42 Å². The maximum atomic E-state index is 11.9. The van der Waals surface area contributed by atoms with Crippen LogP contribution in [0, 0.1) is 0 Å². The van der Waals surface area contributed by atoms with Crippen LogP contribution < -0.4 is 5.32 Å². The van der Waals surface area contributed by atoms with Crippen molar-refractivity contribution in [3.8, 4) is 0 Å². The number of sulfone groups is 1. The molecule has 1 aromatic rings. The molecule has 0 radical (unpaired) electrons. The number of nitrogens with zero attached hydrogens (tertiary/aromatic N) is 1. The van der Waals surface area contributed by atoms with E-state index in [9.17, 15) is 13.2 Å². The van der Waals surface area contributed by atoms with Crippen molar-refractivity contribution >= 4 is 21.4 Å². The minimum absolute atomic E-state index is 0.00398. The van der Waals surface area contributed by atoms with Crippen molar-refractivity contribution in [1.29, 1.82) is 0 Å². The number of aromatic amines is 1. The second kappa shape index (κ2) is 5.51. The monoisotopic (exact) mass is 271 g/mol. The summed E-state index contributed by atoms with van der Waals surface area (Å²) in [5.41, 5.74) is 0.554. The van der Waals surface area contributed by atoms with Crippen LogP contribution in [0.5, 0.6) is 0 Å². The molecule has 0 bridgehead atoms. The Hall–Kier alpha value is -1.37. The molecule has 1 saturated carbocycles. The molecule has 2 N–H and O–H groups in total. The number of hydrogen-bond acceptors (Lipinski definition) is 4. The molecular formula is C11H17N3O3S. The first-order chi connectivity index (χ1) is 8.58.